The number of nitrogens with zero attached hydrogens (tertiary/aromatic N) is 3. The van der Waals surface area contributed by atoms with Crippen LogP contribution in [0.15, 0.2) is 140 Å². The monoisotopic (exact) mass is 709 g/mol. The van der Waals surface area contributed by atoms with Crippen molar-refractivity contribution in [3.05, 3.63) is 162 Å². The summed E-state index contributed by atoms with van der Waals surface area (Å²) in [5.41, 5.74) is 17.0. The third-order valence-electron chi connectivity index (χ3n) is 14.5. The summed E-state index contributed by atoms with van der Waals surface area (Å²) in [5.74, 6) is 5.38. The second-order valence-electron chi connectivity index (χ2n) is 17.6. The molecule has 0 atom stereocenters. The highest BCUT2D eigenvalue weighted by atomic mass is 15.0. The minimum absolute atomic E-state index is 0.0820. The third-order valence-corrected chi connectivity index (χ3v) is 14.5. The van der Waals surface area contributed by atoms with E-state index in [0.717, 1.165) is 34.4 Å². The molecule has 55 heavy (non-hydrogen) atoms. The molecule has 0 unspecified atom stereocenters. The fourth-order valence-electron chi connectivity index (χ4n) is 12.5. The van der Waals surface area contributed by atoms with Gasteiger partial charge in [-0.25, -0.2) is 15.0 Å². The maximum absolute atomic E-state index is 5.29. The molecule has 4 fully saturated rings. The van der Waals surface area contributed by atoms with E-state index >= 15 is 0 Å². The van der Waals surface area contributed by atoms with E-state index in [1.807, 2.05) is 6.07 Å². The SMILES string of the molecule is CC1(C)c2ccccc2-c2cccc(-c3ccc(-c4nc(-c5ccccc5)nc(-c5ccc6c(c5)C5(c7ccccc7-6)C6CC7CC(C6)CC5C7)n4)cc3)c21. The van der Waals surface area contributed by atoms with Gasteiger partial charge in [0.2, 0.25) is 0 Å². The Labute approximate surface area is 323 Å². The van der Waals surface area contributed by atoms with Crippen LogP contribution in [-0.4, -0.2) is 15.0 Å². The van der Waals surface area contributed by atoms with Crippen molar-refractivity contribution >= 4 is 0 Å². The maximum atomic E-state index is 5.29. The van der Waals surface area contributed by atoms with E-state index in [-0.39, 0.29) is 10.8 Å². The Morgan fingerprint density at radius 1 is 0.400 bits per heavy atom. The van der Waals surface area contributed by atoms with Crippen LogP contribution in [0.5, 0.6) is 0 Å². The van der Waals surface area contributed by atoms with Crippen molar-refractivity contribution in [2.24, 2.45) is 23.7 Å². The zero-order valence-electron chi connectivity index (χ0n) is 31.5. The van der Waals surface area contributed by atoms with Crippen molar-refractivity contribution in [2.75, 3.05) is 0 Å². The summed E-state index contributed by atoms with van der Waals surface area (Å²) in [7, 11) is 0. The fraction of sp³-hybridized carbons (Fsp3) is 0.250. The Morgan fingerprint density at radius 2 is 0.891 bits per heavy atom. The fourth-order valence-corrected chi connectivity index (χ4v) is 12.5. The van der Waals surface area contributed by atoms with E-state index in [2.05, 4.69) is 147 Å². The Kier molecular flexibility index (Phi) is 6.58. The summed E-state index contributed by atoms with van der Waals surface area (Å²) >= 11 is 0. The van der Waals surface area contributed by atoms with Gasteiger partial charge in [0, 0.05) is 27.5 Å². The van der Waals surface area contributed by atoms with Gasteiger partial charge in [0.05, 0.1) is 0 Å². The molecule has 4 saturated carbocycles. The molecule has 3 heteroatoms. The molecule has 0 saturated heterocycles. The smallest absolute Gasteiger partial charge is 0.164 e. The molecule has 3 nitrogen and oxygen atoms in total. The predicted octanol–water partition coefficient (Wildman–Crippen LogP) is 12.6. The van der Waals surface area contributed by atoms with Crippen molar-refractivity contribution in [3.63, 3.8) is 0 Å². The summed E-state index contributed by atoms with van der Waals surface area (Å²) in [6.45, 7) is 4.71. The van der Waals surface area contributed by atoms with Crippen LogP contribution < -0.4 is 0 Å². The number of fused-ring (bicyclic) bond motifs is 6. The highest BCUT2D eigenvalue weighted by molar-refractivity contribution is 5.89. The molecule has 1 aromatic heterocycles. The van der Waals surface area contributed by atoms with Gasteiger partial charge >= 0.3 is 0 Å². The minimum Gasteiger partial charge on any atom is -0.208 e. The van der Waals surface area contributed by atoms with Gasteiger partial charge in [0.25, 0.3) is 0 Å². The van der Waals surface area contributed by atoms with Crippen LogP contribution >= 0.6 is 0 Å². The molecule has 0 amide bonds. The molecule has 7 aromatic rings. The molecule has 4 bridgehead atoms. The van der Waals surface area contributed by atoms with E-state index in [4.69, 9.17) is 15.0 Å². The van der Waals surface area contributed by atoms with Crippen LogP contribution in [0.2, 0.25) is 0 Å². The predicted molar refractivity (Wildman–Crippen MR) is 222 cm³/mol. The Hall–Kier alpha value is -5.67. The molecule has 266 valence electrons. The molecule has 6 aliphatic rings. The molecular weight excluding hydrogens is 667 g/mol. The zero-order valence-corrected chi connectivity index (χ0v) is 31.5. The van der Waals surface area contributed by atoms with Gasteiger partial charge in [-0.15, -0.1) is 0 Å². The summed E-state index contributed by atoms with van der Waals surface area (Å²) in [4.78, 5) is 15.6. The highest BCUT2D eigenvalue weighted by Gasteiger charge is 2.61. The van der Waals surface area contributed by atoms with E-state index in [0.29, 0.717) is 23.5 Å². The van der Waals surface area contributed by atoms with Crippen LogP contribution in [-0.2, 0) is 10.8 Å². The Balaban J connectivity index is 0.980. The molecule has 1 spiro atoms. The topological polar surface area (TPSA) is 38.7 Å². The van der Waals surface area contributed by atoms with Gasteiger partial charge in [0.15, 0.2) is 17.5 Å². The summed E-state index contributed by atoms with van der Waals surface area (Å²) < 4.78 is 0. The largest absolute Gasteiger partial charge is 0.208 e. The number of rotatable bonds is 4. The second kappa shape index (κ2) is 11.4. The van der Waals surface area contributed by atoms with Crippen LogP contribution in [0.3, 0.4) is 0 Å². The van der Waals surface area contributed by atoms with Gasteiger partial charge < -0.3 is 0 Å². The van der Waals surface area contributed by atoms with Crippen molar-refractivity contribution in [1.29, 1.82) is 0 Å². The highest BCUT2D eigenvalue weighted by Crippen LogP contribution is 2.69. The number of aromatic nitrogens is 3. The molecular formula is C52H43N3. The Bertz CT molecular complexity index is 2660. The zero-order chi connectivity index (χ0) is 36.5. The average Bonchev–Trinajstić information content (AvgIpc) is 3.65. The molecule has 13 rings (SSSR count). The van der Waals surface area contributed by atoms with Gasteiger partial charge in [0.1, 0.15) is 0 Å². The molecule has 0 aliphatic heterocycles. The standard InChI is InChI=1S/C52H43N3/c1-51(2)44-17-8-6-14-41(44)43-16-10-15-39(47(43)51)33-19-21-35(22-20-33)49-53-48(34-11-4-3-5-12-34)54-50(55-49)36-23-24-42-40-13-7-9-18-45(40)52(46(42)30-36)37-26-31-25-32(28-37)29-38(52)27-31/h3-24,30-32,37-38H,25-29H2,1-2H3. The van der Waals surface area contributed by atoms with E-state index in [1.165, 1.54) is 82.2 Å². The van der Waals surface area contributed by atoms with Crippen LogP contribution in [0.25, 0.3) is 67.5 Å². The van der Waals surface area contributed by atoms with Gasteiger partial charge in [-0.2, -0.15) is 0 Å². The van der Waals surface area contributed by atoms with Crippen molar-refractivity contribution in [1.82, 2.24) is 15.0 Å². The first-order chi connectivity index (χ1) is 27.0. The average molecular weight is 710 g/mol. The van der Waals surface area contributed by atoms with Gasteiger partial charge in [-0.1, -0.05) is 147 Å². The molecule has 6 aliphatic carbocycles. The van der Waals surface area contributed by atoms with Crippen LogP contribution in [0, 0.1) is 23.7 Å². The van der Waals surface area contributed by atoms with Crippen LogP contribution in [0.1, 0.15) is 68.2 Å². The maximum Gasteiger partial charge on any atom is 0.164 e. The molecule has 6 aromatic carbocycles. The van der Waals surface area contributed by atoms with Gasteiger partial charge in [-0.3, -0.25) is 0 Å². The molecule has 0 radical (unpaired) electrons. The first kappa shape index (κ1) is 31.7. The van der Waals surface area contributed by atoms with Crippen LogP contribution in [0.4, 0.5) is 0 Å². The van der Waals surface area contributed by atoms with E-state index < -0.39 is 0 Å². The first-order valence-corrected chi connectivity index (χ1v) is 20.4. The second-order valence-corrected chi connectivity index (χ2v) is 17.6. The molecule has 0 N–H and O–H groups in total. The number of hydrogen-bond donors (Lipinski definition) is 0. The molecule has 1 heterocycles. The van der Waals surface area contributed by atoms with Crippen molar-refractivity contribution < 1.29 is 0 Å². The summed E-state index contributed by atoms with van der Waals surface area (Å²) in [6, 6.07) is 51.4. The van der Waals surface area contributed by atoms with E-state index in [9.17, 15) is 0 Å². The van der Waals surface area contributed by atoms with Crippen molar-refractivity contribution in [2.45, 2.75) is 56.8 Å². The third kappa shape index (κ3) is 4.41. The summed E-state index contributed by atoms with van der Waals surface area (Å²) in [5, 5.41) is 0. The number of benzene rings is 6. The lowest BCUT2D eigenvalue weighted by Gasteiger charge is -2.61. The quantitative estimate of drug-likeness (QED) is 0.183. The Morgan fingerprint density at radius 3 is 1.58 bits per heavy atom. The number of hydrogen-bond acceptors (Lipinski definition) is 3. The normalized spacial score (nSPS) is 24.4. The minimum atomic E-state index is -0.0820. The van der Waals surface area contributed by atoms with Gasteiger partial charge in [-0.05, 0) is 117 Å². The van der Waals surface area contributed by atoms with Crippen molar-refractivity contribution in [3.8, 4) is 67.5 Å². The first-order valence-electron chi connectivity index (χ1n) is 20.4. The summed E-state index contributed by atoms with van der Waals surface area (Å²) in [6.07, 6.45) is 6.92. The lowest BCUT2D eigenvalue weighted by molar-refractivity contribution is -0.0399. The lowest BCUT2D eigenvalue weighted by atomic mass is 9.43. The van der Waals surface area contributed by atoms with E-state index in [1.54, 1.807) is 5.56 Å². The lowest BCUT2D eigenvalue weighted by Crippen LogP contribution is -2.55.